The summed E-state index contributed by atoms with van der Waals surface area (Å²) < 4.78 is 3.49. The van der Waals surface area contributed by atoms with Gasteiger partial charge in [0.1, 0.15) is 0 Å². The fraction of sp³-hybridized carbons (Fsp3) is 0.750. The van der Waals surface area contributed by atoms with Crippen LogP contribution < -0.4 is 5.32 Å². The lowest BCUT2D eigenvalue weighted by molar-refractivity contribution is 0.312. The van der Waals surface area contributed by atoms with Crippen molar-refractivity contribution in [2.24, 2.45) is 0 Å². The summed E-state index contributed by atoms with van der Waals surface area (Å²) in [5, 5.41) is 8.04. The molecule has 3 rings (SSSR count). The molecule has 1 saturated carbocycles. The molecule has 0 amide bonds. The van der Waals surface area contributed by atoms with Crippen LogP contribution in [0.25, 0.3) is 0 Å². The molecule has 0 bridgehead atoms. The molecule has 4 heteroatoms. The van der Waals surface area contributed by atoms with Gasteiger partial charge in [-0.25, -0.2) is 0 Å². The molecule has 1 aromatic heterocycles. The maximum atomic E-state index is 4.57. The Morgan fingerprint density at radius 1 is 1.31 bits per heavy atom. The molecule has 1 atom stereocenters. The van der Waals surface area contributed by atoms with Crippen LogP contribution in [0.5, 0.6) is 0 Å². The first-order chi connectivity index (χ1) is 7.86. The molecule has 0 spiro atoms. The minimum absolute atomic E-state index is 0.565. The number of hydrogen-bond acceptors (Lipinski definition) is 2. The third kappa shape index (κ3) is 1.82. The molecule has 0 aromatic carbocycles. The molecule has 1 saturated heterocycles. The predicted octanol–water partition coefficient (Wildman–Crippen LogP) is 2.84. The van der Waals surface area contributed by atoms with Crippen molar-refractivity contribution >= 4 is 15.9 Å². The number of nitrogens with one attached hydrogen (secondary N) is 1. The summed E-state index contributed by atoms with van der Waals surface area (Å²) in [6.07, 6.45) is 8.56. The number of rotatable bonds is 2. The number of nitrogens with zero attached hydrogens (tertiary/aromatic N) is 2. The summed E-state index contributed by atoms with van der Waals surface area (Å²) >= 11 is 3.66. The van der Waals surface area contributed by atoms with Gasteiger partial charge in [0, 0.05) is 12.5 Å². The quantitative estimate of drug-likeness (QED) is 0.905. The van der Waals surface area contributed by atoms with Crippen LogP contribution in [0.3, 0.4) is 0 Å². The van der Waals surface area contributed by atoms with Gasteiger partial charge in [-0.2, -0.15) is 5.10 Å². The molecule has 1 aliphatic heterocycles. The van der Waals surface area contributed by atoms with Crippen LogP contribution in [0, 0.1) is 0 Å². The Hall–Kier alpha value is -0.350. The van der Waals surface area contributed by atoms with Gasteiger partial charge in [0.25, 0.3) is 0 Å². The Morgan fingerprint density at radius 3 is 2.81 bits per heavy atom. The summed E-state index contributed by atoms with van der Waals surface area (Å²) in [6.45, 7) is 2.24. The van der Waals surface area contributed by atoms with Gasteiger partial charge in [-0.05, 0) is 48.2 Å². The van der Waals surface area contributed by atoms with Crippen LogP contribution in [0.15, 0.2) is 10.7 Å². The van der Waals surface area contributed by atoms with Gasteiger partial charge in [0.15, 0.2) is 0 Å². The van der Waals surface area contributed by atoms with Crippen LogP contribution in [-0.2, 0) is 0 Å². The molecule has 1 aliphatic carbocycles. The molecule has 2 heterocycles. The smallest absolute Gasteiger partial charge is 0.0647 e. The lowest BCUT2D eigenvalue weighted by Gasteiger charge is -2.31. The summed E-state index contributed by atoms with van der Waals surface area (Å²) in [5.41, 5.74) is 1.44. The summed E-state index contributed by atoms with van der Waals surface area (Å²) in [7, 11) is 0. The van der Waals surface area contributed by atoms with Crippen molar-refractivity contribution in [1.82, 2.24) is 15.1 Å². The molecular weight excluding hydrogens is 266 g/mol. The van der Waals surface area contributed by atoms with Crippen LogP contribution >= 0.6 is 15.9 Å². The van der Waals surface area contributed by atoms with Crippen molar-refractivity contribution in [3.8, 4) is 0 Å². The van der Waals surface area contributed by atoms with E-state index in [2.05, 4.69) is 31.0 Å². The van der Waals surface area contributed by atoms with E-state index in [4.69, 9.17) is 0 Å². The molecular formula is C12H18BrN3. The maximum Gasteiger partial charge on any atom is 0.0647 e. The van der Waals surface area contributed by atoms with Crippen LogP contribution in [0.2, 0.25) is 0 Å². The number of aromatic nitrogens is 2. The third-order valence-corrected chi connectivity index (χ3v) is 4.51. The number of hydrogen-bond donors (Lipinski definition) is 1. The third-order valence-electron chi connectivity index (χ3n) is 3.90. The van der Waals surface area contributed by atoms with E-state index in [0.29, 0.717) is 6.04 Å². The second-order valence-electron chi connectivity index (χ2n) is 4.95. The molecule has 2 fully saturated rings. The molecule has 2 aliphatic rings. The van der Waals surface area contributed by atoms with Gasteiger partial charge in [-0.3, -0.25) is 4.68 Å². The molecule has 16 heavy (non-hydrogen) atoms. The first-order valence-corrected chi connectivity index (χ1v) is 7.09. The SMILES string of the molecule is Brc1cnn(C2CCCNC2)c1C1CCC1. The molecule has 0 radical (unpaired) electrons. The van der Waals surface area contributed by atoms with Crippen LogP contribution in [0.4, 0.5) is 0 Å². The Kier molecular flexibility index (Phi) is 3.03. The zero-order valence-corrected chi connectivity index (χ0v) is 11.0. The first kappa shape index (κ1) is 10.8. The second kappa shape index (κ2) is 4.49. The van der Waals surface area contributed by atoms with E-state index in [9.17, 15) is 0 Å². The Labute approximate surface area is 105 Å². The van der Waals surface area contributed by atoms with E-state index in [1.807, 2.05) is 6.20 Å². The molecule has 1 aromatic rings. The zero-order valence-electron chi connectivity index (χ0n) is 9.45. The van der Waals surface area contributed by atoms with Gasteiger partial charge < -0.3 is 5.32 Å². The van der Waals surface area contributed by atoms with Crippen molar-refractivity contribution in [1.29, 1.82) is 0 Å². The maximum absolute atomic E-state index is 4.57. The summed E-state index contributed by atoms with van der Waals surface area (Å²) in [5.74, 6) is 0.749. The van der Waals surface area contributed by atoms with Gasteiger partial charge in [0.05, 0.1) is 22.4 Å². The van der Waals surface area contributed by atoms with E-state index in [1.54, 1.807) is 0 Å². The van der Waals surface area contributed by atoms with Crippen molar-refractivity contribution in [2.75, 3.05) is 13.1 Å². The number of halogens is 1. The molecule has 1 N–H and O–H groups in total. The average molecular weight is 284 g/mol. The number of piperidine rings is 1. The minimum Gasteiger partial charge on any atom is -0.315 e. The zero-order chi connectivity index (χ0) is 11.0. The highest BCUT2D eigenvalue weighted by Crippen LogP contribution is 2.41. The highest BCUT2D eigenvalue weighted by Gasteiger charge is 2.28. The van der Waals surface area contributed by atoms with E-state index in [-0.39, 0.29) is 0 Å². The van der Waals surface area contributed by atoms with Gasteiger partial charge >= 0.3 is 0 Å². The standard InChI is InChI=1S/C12H18BrN3/c13-11-8-15-16(10-5-2-6-14-7-10)12(11)9-3-1-4-9/h8-10,14H,1-7H2. The summed E-state index contributed by atoms with van der Waals surface area (Å²) in [6, 6.07) is 0.565. The van der Waals surface area contributed by atoms with E-state index in [1.165, 1.54) is 42.3 Å². The fourth-order valence-corrected chi connectivity index (χ4v) is 3.34. The van der Waals surface area contributed by atoms with Crippen LogP contribution in [0.1, 0.15) is 49.8 Å². The molecule has 88 valence electrons. The Morgan fingerprint density at radius 2 is 2.19 bits per heavy atom. The highest BCUT2D eigenvalue weighted by molar-refractivity contribution is 9.10. The monoisotopic (exact) mass is 283 g/mol. The van der Waals surface area contributed by atoms with E-state index >= 15 is 0 Å². The predicted molar refractivity (Wildman–Crippen MR) is 67.7 cm³/mol. The van der Waals surface area contributed by atoms with E-state index < -0.39 is 0 Å². The van der Waals surface area contributed by atoms with Crippen molar-refractivity contribution in [3.63, 3.8) is 0 Å². The lowest BCUT2D eigenvalue weighted by Crippen LogP contribution is -2.33. The highest BCUT2D eigenvalue weighted by atomic mass is 79.9. The lowest BCUT2D eigenvalue weighted by atomic mass is 9.82. The van der Waals surface area contributed by atoms with Crippen molar-refractivity contribution in [3.05, 3.63) is 16.4 Å². The van der Waals surface area contributed by atoms with Gasteiger partial charge in [-0.1, -0.05) is 6.42 Å². The Balaban J connectivity index is 1.87. The molecule has 3 nitrogen and oxygen atoms in total. The normalized spacial score (nSPS) is 26.7. The van der Waals surface area contributed by atoms with Crippen LogP contribution in [-0.4, -0.2) is 22.9 Å². The van der Waals surface area contributed by atoms with Crippen molar-refractivity contribution in [2.45, 2.75) is 44.1 Å². The van der Waals surface area contributed by atoms with E-state index in [0.717, 1.165) is 19.0 Å². The average Bonchev–Trinajstić information content (AvgIpc) is 2.60. The first-order valence-electron chi connectivity index (χ1n) is 6.30. The summed E-state index contributed by atoms with van der Waals surface area (Å²) in [4.78, 5) is 0. The fourth-order valence-electron chi connectivity index (χ4n) is 2.75. The Bertz CT molecular complexity index is 364. The minimum atomic E-state index is 0.565. The molecule has 1 unspecified atom stereocenters. The largest absolute Gasteiger partial charge is 0.315 e. The van der Waals surface area contributed by atoms with Crippen molar-refractivity contribution < 1.29 is 0 Å². The second-order valence-corrected chi connectivity index (χ2v) is 5.80. The van der Waals surface area contributed by atoms with Gasteiger partial charge in [0.2, 0.25) is 0 Å². The van der Waals surface area contributed by atoms with Gasteiger partial charge in [-0.15, -0.1) is 0 Å². The topological polar surface area (TPSA) is 29.9 Å².